The van der Waals surface area contributed by atoms with Gasteiger partial charge in [0, 0.05) is 35.8 Å². The molecule has 2 N–H and O–H groups in total. The van der Waals surface area contributed by atoms with E-state index in [9.17, 15) is 17.6 Å². The predicted octanol–water partition coefficient (Wildman–Crippen LogP) is 5.23. The number of aromatic nitrogens is 4. The van der Waals surface area contributed by atoms with Gasteiger partial charge in [-0.2, -0.15) is 18.2 Å². The second kappa shape index (κ2) is 8.26. The monoisotopic (exact) mass is 481 g/mol. The Bertz CT molecular complexity index is 1510. The Kier molecular flexibility index (Phi) is 5.34. The third kappa shape index (κ3) is 4.25. The molecule has 0 atom stereocenters. The van der Waals surface area contributed by atoms with Crippen LogP contribution in [0.2, 0.25) is 0 Å². The van der Waals surface area contributed by atoms with E-state index >= 15 is 0 Å². The Morgan fingerprint density at radius 2 is 1.86 bits per heavy atom. The van der Waals surface area contributed by atoms with Crippen molar-refractivity contribution in [2.75, 3.05) is 11.9 Å². The van der Waals surface area contributed by atoms with Crippen molar-refractivity contribution in [2.45, 2.75) is 24.9 Å². The van der Waals surface area contributed by atoms with Gasteiger partial charge in [-0.3, -0.25) is 25.4 Å². The molecule has 1 aliphatic rings. The number of nitrogens with zero attached hydrogens (tertiary/aromatic N) is 5. The van der Waals surface area contributed by atoms with Crippen LogP contribution in [0.5, 0.6) is 0 Å². The highest BCUT2D eigenvalue weighted by molar-refractivity contribution is 5.95. The summed E-state index contributed by atoms with van der Waals surface area (Å²) < 4.78 is 56.0. The average Bonchev–Trinajstić information content (AvgIpc) is 3.67. The summed E-state index contributed by atoms with van der Waals surface area (Å²) in [4.78, 5) is 14.4. The molecule has 2 heterocycles. The highest BCUT2D eigenvalue weighted by Gasteiger charge is 2.31. The lowest BCUT2D eigenvalue weighted by molar-refractivity contribution is -0.137. The summed E-state index contributed by atoms with van der Waals surface area (Å²) in [6.45, 7) is 0. The Morgan fingerprint density at radius 1 is 1.09 bits per heavy atom. The fraction of sp³-hybridized carbons (Fsp3) is 0.208. The highest BCUT2D eigenvalue weighted by atomic mass is 19.4. The van der Waals surface area contributed by atoms with Gasteiger partial charge in [0.05, 0.1) is 35.0 Å². The van der Waals surface area contributed by atoms with Crippen LogP contribution in [0.15, 0.2) is 48.8 Å². The smallest absolute Gasteiger partial charge is 0.329 e. The Hall–Kier alpha value is -4.15. The molecule has 0 bridgehead atoms. The Balaban J connectivity index is 1.63. The van der Waals surface area contributed by atoms with Crippen LogP contribution < -0.4 is 10.5 Å². The van der Waals surface area contributed by atoms with Crippen LogP contribution >= 0.6 is 0 Å². The van der Waals surface area contributed by atoms with Crippen molar-refractivity contribution in [3.8, 4) is 11.3 Å². The number of hydrogen-bond donors (Lipinski definition) is 2. The van der Waals surface area contributed by atoms with Crippen LogP contribution in [-0.2, 0) is 6.18 Å². The summed E-state index contributed by atoms with van der Waals surface area (Å²) in [5.74, 6) is -0.136. The number of fused-ring (bicyclic) bond motifs is 1. The minimum atomic E-state index is -4.60. The van der Waals surface area contributed by atoms with Crippen molar-refractivity contribution in [1.29, 1.82) is 10.8 Å². The molecule has 4 aromatic rings. The van der Waals surface area contributed by atoms with Gasteiger partial charge in [-0.05, 0) is 49.2 Å². The number of benzene rings is 2. The predicted molar refractivity (Wildman–Crippen MR) is 122 cm³/mol. The van der Waals surface area contributed by atoms with E-state index in [4.69, 9.17) is 10.8 Å². The van der Waals surface area contributed by atoms with Crippen LogP contribution in [0.4, 0.5) is 29.1 Å². The molecule has 1 fully saturated rings. The van der Waals surface area contributed by atoms with Crippen molar-refractivity contribution in [2.24, 2.45) is 0 Å². The minimum absolute atomic E-state index is 0.0147. The van der Waals surface area contributed by atoms with Gasteiger partial charge in [-0.25, -0.2) is 4.39 Å². The fourth-order valence-corrected chi connectivity index (χ4v) is 3.93. The second-order valence-electron chi connectivity index (χ2n) is 8.35. The molecule has 5 rings (SSSR count). The number of hydrogen-bond acceptors (Lipinski definition) is 6. The molecular formula is C24H19F4N7. The van der Waals surface area contributed by atoms with Gasteiger partial charge in [-0.15, -0.1) is 0 Å². The summed E-state index contributed by atoms with van der Waals surface area (Å²) >= 11 is 0. The van der Waals surface area contributed by atoms with Crippen molar-refractivity contribution in [3.63, 3.8) is 0 Å². The molecule has 7 nitrogen and oxygen atoms in total. The Labute approximate surface area is 196 Å². The standard InChI is InChI=1S/C24H19F4N7/c1-34(17-7-14(6-16(25)9-17)20-11-31-19(10-32-20)13-2-3-13)22-18-8-15(24(26,27)28)4-5-21(18)35(12-29)23(30)33-22/h4-13,29-30H,2-3H2,1H3. The lowest BCUT2D eigenvalue weighted by atomic mass is 10.1. The van der Waals surface area contributed by atoms with Gasteiger partial charge in [0.15, 0.2) is 0 Å². The van der Waals surface area contributed by atoms with E-state index < -0.39 is 17.6 Å². The first-order valence-electron chi connectivity index (χ1n) is 10.7. The molecular weight excluding hydrogens is 462 g/mol. The Morgan fingerprint density at radius 3 is 2.49 bits per heavy atom. The third-order valence-corrected chi connectivity index (χ3v) is 5.94. The van der Waals surface area contributed by atoms with Gasteiger partial charge in [-0.1, -0.05) is 0 Å². The second-order valence-corrected chi connectivity index (χ2v) is 8.35. The van der Waals surface area contributed by atoms with Gasteiger partial charge in [0.1, 0.15) is 11.6 Å². The number of anilines is 2. The molecule has 11 heteroatoms. The fourth-order valence-electron chi connectivity index (χ4n) is 3.93. The lowest BCUT2D eigenvalue weighted by Crippen LogP contribution is -2.26. The van der Waals surface area contributed by atoms with E-state index in [0.717, 1.165) is 41.6 Å². The molecule has 0 radical (unpaired) electrons. The molecule has 178 valence electrons. The quantitative estimate of drug-likeness (QED) is 0.232. The van der Waals surface area contributed by atoms with E-state index in [-0.39, 0.29) is 22.3 Å². The molecule has 0 saturated heterocycles. The van der Waals surface area contributed by atoms with Crippen LogP contribution in [0.3, 0.4) is 0 Å². The van der Waals surface area contributed by atoms with Crippen molar-refractivity contribution >= 4 is 28.7 Å². The summed E-state index contributed by atoms with van der Waals surface area (Å²) in [5.41, 5.74) is 1.02. The first-order chi connectivity index (χ1) is 16.7. The first-order valence-corrected chi connectivity index (χ1v) is 10.7. The van der Waals surface area contributed by atoms with E-state index in [0.29, 0.717) is 22.9 Å². The van der Waals surface area contributed by atoms with Crippen LogP contribution in [0.1, 0.15) is 30.0 Å². The van der Waals surface area contributed by atoms with E-state index in [2.05, 4.69) is 15.0 Å². The van der Waals surface area contributed by atoms with Gasteiger partial charge >= 0.3 is 6.18 Å². The molecule has 1 saturated carbocycles. The topological polar surface area (TPSA) is 94.5 Å². The van der Waals surface area contributed by atoms with E-state index in [1.807, 2.05) is 0 Å². The average molecular weight is 481 g/mol. The molecule has 0 unspecified atom stereocenters. The summed E-state index contributed by atoms with van der Waals surface area (Å²) in [5, 5.41) is 15.8. The maximum atomic E-state index is 14.6. The summed E-state index contributed by atoms with van der Waals surface area (Å²) in [7, 11) is 1.52. The number of nitrogens with one attached hydrogen (secondary N) is 2. The van der Waals surface area contributed by atoms with E-state index in [1.54, 1.807) is 18.5 Å². The molecule has 2 aromatic heterocycles. The normalized spacial score (nSPS) is 13.7. The molecule has 0 amide bonds. The maximum Gasteiger partial charge on any atom is 0.416 e. The number of rotatable bonds is 5. The zero-order valence-electron chi connectivity index (χ0n) is 18.4. The zero-order chi connectivity index (χ0) is 24.9. The minimum Gasteiger partial charge on any atom is -0.329 e. The number of alkyl halides is 3. The van der Waals surface area contributed by atoms with E-state index in [1.165, 1.54) is 30.1 Å². The summed E-state index contributed by atoms with van der Waals surface area (Å²) in [6, 6.07) is 7.14. The molecule has 0 spiro atoms. The van der Waals surface area contributed by atoms with Crippen molar-refractivity contribution < 1.29 is 17.6 Å². The molecule has 35 heavy (non-hydrogen) atoms. The van der Waals surface area contributed by atoms with Crippen molar-refractivity contribution in [3.05, 3.63) is 71.5 Å². The first kappa shape index (κ1) is 22.6. The molecule has 1 aliphatic carbocycles. The highest BCUT2D eigenvalue weighted by Crippen LogP contribution is 2.39. The van der Waals surface area contributed by atoms with Crippen molar-refractivity contribution in [1.82, 2.24) is 19.5 Å². The molecule has 0 aliphatic heterocycles. The lowest BCUT2D eigenvalue weighted by Gasteiger charge is -2.22. The number of halogens is 4. The summed E-state index contributed by atoms with van der Waals surface area (Å²) in [6.07, 6.45) is 1.61. The zero-order valence-corrected chi connectivity index (χ0v) is 18.4. The SMILES string of the molecule is CN(c1cc(F)cc(-c2cnc(C3CC3)cn2)c1)c1nc(=N)n(C=N)c2ccc(C(F)(F)F)cc12. The van der Waals surface area contributed by atoms with Crippen LogP contribution in [0, 0.1) is 16.6 Å². The van der Waals surface area contributed by atoms with Gasteiger partial charge in [0.25, 0.3) is 0 Å². The van der Waals surface area contributed by atoms with Gasteiger partial charge in [0.2, 0.25) is 5.62 Å². The third-order valence-electron chi connectivity index (χ3n) is 5.94. The van der Waals surface area contributed by atoms with Crippen LogP contribution in [-0.4, -0.2) is 32.9 Å². The van der Waals surface area contributed by atoms with Crippen LogP contribution in [0.25, 0.3) is 22.2 Å². The largest absolute Gasteiger partial charge is 0.416 e. The maximum absolute atomic E-state index is 14.6. The van der Waals surface area contributed by atoms with Gasteiger partial charge < -0.3 is 4.90 Å². The molecule has 2 aromatic carbocycles.